The van der Waals surface area contributed by atoms with Gasteiger partial charge in [-0.3, -0.25) is 0 Å². The molecule has 0 atom stereocenters. The van der Waals surface area contributed by atoms with E-state index in [0.29, 0.717) is 5.75 Å². The van der Waals surface area contributed by atoms with Gasteiger partial charge in [-0.2, -0.15) is 11.4 Å². The van der Waals surface area contributed by atoms with Crippen LogP contribution < -0.4 is 9.79 Å². The van der Waals surface area contributed by atoms with Gasteiger partial charge < -0.3 is 14.9 Å². The predicted octanol–water partition coefficient (Wildman–Crippen LogP) is -0.695. The first-order valence-electron chi connectivity index (χ1n) is 2.86. The summed E-state index contributed by atoms with van der Waals surface area (Å²) < 4.78 is 0. The number of aliphatic hydroxyl groups is 1. The summed E-state index contributed by atoms with van der Waals surface area (Å²) in [5, 5.41) is 8.70. The van der Waals surface area contributed by atoms with E-state index in [4.69, 9.17) is 5.11 Å². The van der Waals surface area contributed by atoms with Gasteiger partial charge in [0.2, 0.25) is 0 Å². The van der Waals surface area contributed by atoms with Crippen molar-refractivity contribution < 1.29 is 14.9 Å². The van der Waals surface area contributed by atoms with Gasteiger partial charge in [-0.15, -0.1) is 0 Å². The molecule has 0 spiro atoms. The van der Waals surface area contributed by atoms with Gasteiger partial charge in [0.25, 0.3) is 0 Å². The van der Waals surface area contributed by atoms with Gasteiger partial charge in [0.05, 0.1) is 0 Å². The minimum absolute atomic E-state index is 0. The first kappa shape index (κ1) is 14.9. The summed E-state index contributed by atoms with van der Waals surface area (Å²) in [6.45, 7) is 3.65. The molecule has 1 N–H and O–H groups in total. The zero-order chi connectivity index (χ0) is 8.20. The average Bonchev–Trinajstić information content (AvgIpc) is 1.85. The smallest absolute Gasteiger partial charge is 0.834 e. The second kappa shape index (κ2) is 6.89. The maximum absolute atomic E-state index is 10.1. The molecule has 0 amide bonds. The molecule has 62 valence electrons. The maximum Gasteiger partial charge on any atom is 2.00 e. The first-order chi connectivity index (χ1) is 4.48. The molecule has 0 heterocycles. The molecule has 0 rings (SSSR count). The van der Waals surface area contributed by atoms with Crippen molar-refractivity contribution in [3.8, 4) is 0 Å². The normalized spacial score (nSPS) is 11.5. The van der Waals surface area contributed by atoms with Crippen LogP contribution in [-0.2, 0) is 0 Å². The molecular formula is C5H11MgO3PS. The molecule has 6 heteroatoms. The largest absolute Gasteiger partial charge is 2.00 e. The standard InChI is InChI=1S/C5H11O3PS.Mg/c1-5(2,3-6)4-10-9(7)8;/h6H,3-4H2,1-2H3;/q-2;+2. The average molecular weight is 206 g/mol. The van der Waals surface area contributed by atoms with Crippen LogP contribution in [0, 0.1) is 5.41 Å². The summed E-state index contributed by atoms with van der Waals surface area (Å²) in [5.74, 6) is 0.447. The molecule has 0 aliphatic rings. The molecule has 0 saturated carbocycles. The molecule has 3 nitrogen and oxygen atoms in total. The number of rotatable bonds is 4. The third kappa shape index (κ3) is 9.34. The maximum atomic E-state index is 10.1. The van der Waals surface area contributed by atoms with Crippen molar-refractivity contribution in [2.24, 2.45) is 5.41 Å². The Kier molecular flexibility index (Phi) is 9.35. The zero-order valence-electron chi connectivity index (χ0n) is 6.74. The predicted molar refractivity (Wildman–Crippen MR) is 46.0 cm³/mol. The summed E-state index contributed by atoms with van der Waals surface area (Å²) in [6.07, 6.45) is 0. The van der Waals surface area contributed by atoms with E-state index in [2.05, 4.69) is 0 Å². The summed E-state index contributed by atoms with van der Waals surface area (Å²) in [5.41, 5.74) is -0.292. The molecule has 0 fully saturated rings. The van der Waals surface area contributed by atoms with Crippen molar-refractivity contribution >= 4 is 42.0 Å². The molecule has 0 saturated heterocycles. The minimum atomic E-state index is -2.36. The SMILES string of the molecule is CC(C)(CO)CSP([O-])[O-].[Mg+2]. The van der Waals surface area contributed by atoms with E-state index in [9.17, 15) is 9.79 Å². The van der Waals surface area contributed by atoms with Crippen molar-refractivity contribution in [1.82, 2.24) is 0 Å². The van der Waals surface area contributed by atoms with Crippen LogP contribution in [0.2, 0.25) is 0 Å². The Balaban J connectivity index is 0. The van der Waals surface area contributed by atoms with Crippen LogP contribution in [0.3, 0.4) is 0 Å². The van der Waals surface area contributed by atoms with Gasteiger partial charge in [0, 0.05) is 12.4 Å². The Hall–Kier alpha value is 1.43. The van der Waals surface area contributed by atoms with Gasteiger partial charge in [0.1, 0.15) is 0 Å². The van der Waals surface area contributed by atoms with Crippen LogP contribution >= 0.6 is 19.0 Å². The molecule has 11 heavy (non-hydrogen) atoms. The summed E-state index contributed by atoms with van der Waals surface area (Å²) in [4.78, 5) is 20.2. The van der Waals surface area contributed by atoms with Crippen LogP contribution in [0.1, 0.15) is 13.8 Å². The van der Waals surface area contributed by atoms with Crippen LogP contribution in [-0.4, -0.2) is 40.5 Å². The van der Waals surface area contributed by atoms with Crippen molar-refractivity contribution in [3.63, 3.8) is 0 Å². The Morgan fingerprint density at radius 3 is 2.18 bits per heavy atom. The van der Waals surface area contributed by atoms with Gasteiger partial charge in [0.15, 0.2) is 0 Å². The van der Waals surface area contributed by atoms with E-state index < -0.39 is 7.58 Å². The first-order valence-corrected chi connectivity index (χ1v) is 5.63. The van der Waals surface area contributed by atoms with Crippen molar-refractivity contribution in [3.05, 3.63) is 0 Å². The minimum Gasteiger partial charge on any atom is -0.834 e. The van der Waals surface area contributed by atoms with E-state index >= 15 is 0 Å². The Morgan fingerprint density at radius 1 is 1.45 bits per heavy atom. The second-order valence-corrected chi connectivity index (χ2v) is 5.48. The molecule has 0 aliphatic carbocycles. The third-order valence-electron chi connectivity index (χ3n) is 0.989. The fraction of sp³-hybridized carbons (Fsp3) is 1.00. The third-order valence-corrected chi connectivity index (χ3v) is 3.13. The fourth-order valence-corrected chi connectivity index (χ4v) is 2.18. The number of hydrogen-bond donors (Lipinski definition) is 1. The summed E-state index contributed by atoms with van der Waals surface area (Å²) in [6, 6.07) is 0. The number of aliphatic hydroxyl groups excluding tert-OH is 1. The summed E-state index contributed by atoms with van der Waals surface area (Å²) >= 11 is 0.856. The molecule has 0 aromatic heterocycles. The van der Waals surface area contributed by atoms with Crippen molar-refractivity contribution in [2.45, 2.75) is 13.8 Å². The van der Waals surface area contributed by atoms with E-state index in [-0.39, 0.29) is 35.1 Å². The Bertz CT molecular complexity index is 102. The molecule has 0 bridgehead atoms. The molecule has 0 radical (unpaired) electrons. The molecule has 0 aliphatic heterocycles. The Morgan fingerprint density at radius 2 is 1.91 bits per heavy atom. The van der Waals surface area contributed by atoms with E-state index in [0.717, 1.165) is 11.4 Å². The number of hydrogen-bond acceptors (Lipinski definition) is 4. The van der Waals surface area contributed by atoms with E-state index in [1.807, 2.05) is 13.8 Å². The van der Waals surface area contributed by atoms with Crippen LogP contribution in [0.5, 0.6) is 0 Å². The van der Waals surface area contributed by atoms with Crippen molar-refractivity contribution in [2.75, 3.05) is 12.4 Å². The van der Waals surface area contributed by atoms with E-state index in [1.54, 1.807) is 0 Å². The molecule has 0 unspecified atom stereocenters. The van der Waals surface area contributed by atoms with Crippen LogP contribution in [0.15, 0.2) is 0 Å². The molecule has 0 aromatic rings. The summed E-state index contributed by atoms with van der Waals surface area (Å²) in [7, 11) is -2.36. The van der Waals surface area contributed by atoms with Gasteiger partial charge in [-0.1, -0.05) is 13.8 Å². The van der Waals surface area contributed by atoms with Gasteiger partial charge in [-0.05, 0) is 5.41 Å². The fourth-order valence-electron chi connectivity index (χ4n) is 0.273. The quantitative estimate of drug-likeness (QED) is 0.488. The topological polar surface area (TPSA) is 66.3 Å². The zero-order valence-corrected chi connectivity index (χ0v) is 9.87. The second-order valence-electron chi connectivity index (χ2n) is 2.82. The van der Waals surface area contributed by atoms with Crippen LogP contribution in [0.4, 0.5) is 0 Å². The van der Waals surface area contributed by atoms with E-state index in [1.165, 1.54) is 0 Å². The molecular weight excluding hydrogens is 195 g/mol. The Labute approximate surface area is 88.4 Å². The molecule has 0 aromatic carbocycles. The van der Waals surface area contributed by atoms with Crippen LogP contribution in [0.25, 0.3) is 0 Å². The monoisotopic (exact) mass is 206 g/mol. The van der Waals surface area contributed by atoms with Crippen molar-refractivity contribution in [1.29, 1.82) is 0 Å². The van der Waals surface area contributed by atoms with Gasteiger partial charge >= 0.3 is 23.1 Å². The van der Waals surface area contributed by atoms with Gasteiger partial charge in [-0.25, -0.2) is 7.58 Å².